The van der Waals surface area contributed by atoms with Gasteiger partial charge in [0.05, 0.1) is 24.0 Å². The molecule has 3 N–H and O–H groups in total. The van der Waals surface area contributed by atoms with Crippen molar-refractivity contribution < 1.29 is 33.7 Å². The molecule has 4 rings (SSSR count). The topological polar surface area (TPSA) is 169 Å². The van der Waals surface area contributed by atoms with Gasteiger partial charge in [-0.2, -0.15) is 0 Å². The molecular formula is C31H47N5O7S. The average molecular weight is 634 g/mol. The number of thioether (sulfide) groups is 1. The molecule has 10 unspecified atom stereocenters. The number of anilines is 1. The van der Waals surface area contributed by atoms with E-state index in [0.717, 1.165) is 0 Å². The van der Waals surface area contributed by atoms with E-state index in [1.807, 2.05) is 39.2 Å². The summed E-state index contributed by atoms with van der Waals surface area (Å²) in [4.78, 5) is 53.7. The molecule has 0 aromatic carbocycles. The van der Waals surface area contributed by atoms with Crippen molar-refractivity contribution in [1.82, 2.24) is 19.5 Å². The second-order valence-corrected chi connectivity index (χ2v) is 14.3. The summed E-state index contributed by atoms with van der Waals surface area (Å²) < 4.78 is 19.9. The van der Waals surface area contributed by atoms with Gasteiger partial charge in [0, 0.05) is 37.2 Å². The van der Waals surface area contributed by atoms with Crippen LogP contribution in [-0.2, 0) is 35.1 Å². The Bertz CT molecular complexity index is 1370. The van der Waals surface area contributed by atoms with E-state index in [4.69, 9.17) is 19.9 Å². The van der Waals surface area contributed by atoms with Crippen molar-refractivity contribution in [3.63, 3.8) is 0 Å². The van der Waals surface area contributed by atoms with E-state index in [-0.39, 0.29) is 11.7 Å². The van der Waals surface area contributed by atoms with Gasteiger partial charge in [0.1, 0.15) is 29.0 Å². The first-order valence-corrected chi connectivity index (χ1v) is 16.5. The summed E-state index contributed by atoms with van der Waals surface area (Å²) in [6, 6.07) is 0. The second kappa shape index (κ2) is 13.3. The van der Waals surface area contributed by atoms with Crippen LogP contribution in [0.2, 0.25) is 0 Å². The van der Waals surface area contributed by atoms with E-state index >= 15 is 0 Å². The number of fused-ring (bicyclic) bond motifs is 2. The molecule has 2 aromatic heterocycles. The number of imidazole rings is 1. The number of aromatic nitrogens is 4. The number of nitrogens with zero attached hydrogens (tertiary/aromatic N) is 4. The van der Waals surface area contributed by atoms with Crippen molar-refractivity contribution in [2.24, 2.45) is 29.6 Å². The molecule has 13 heteroatoms. The number of ketones is 1. The molecule has 12 nitrogen and oxygen atoms in total. The number of cyclic esters (lactones) is 1. The lowest BCUT2D eigenvalue weighted by Gasteiger charge is -2.42. The van der Waals surface area contributed by atoms with E-state index in [0.29, 0.717) is 48.5 Å². The third-order valence-electron chi connectivity index (χ3n) is 9.79. The van der Waals surface area contributed by atoms with Crippen LogP contribution in [0.15, 0.2) is 12.7 Å². The number of esters is 2. The molecule has 2 aliphatic heterocycles. The van der Waals surface area contributed by atoms with Gasteiger partial charge < -0.3 is 29.6 Å². The summed E-state index contributed by atoms with van der Waals surface area (Å²) in [6.45, 7) is 13.3. The number of ether oxygens (including phenoxy) is 3. The molecule has 2 saturated heterocycles. The zero-order valence-electron chi connectivity index (χ0n) is 27.0. The molecule has 244 valence electrons. The molecule has 0 amide bonds. The highest BCUT2D eigenvalue weighted by Gasteiger charge is 2.61. The Labute approximate surface area is 263 Å². The maximum Gasteiger partial charge on any atom is 0.320 e. The number of Topliss-reactive ketones (excluding diaryl/α,β-unsaturated/α-hetero) is 1. The Hall–Kier alpha value is -2.77. The van der Waals surface area contributed by atoms with E-state index < -0.39 is 64.3 Å². The summed E-state index contributed by atoms with van der Waals surface area (Å²) >= 11 is 1.40. The van der Waals surface area contributed by atoms with Gasteiger partial charge in [-0.1, -0.05) is 27.7 Å². The fourth-order valence-electron chi connectivity index (χ4n) is 7.25. The zero-order valence-corrected chi connectivity index (χ0v) is 27.8. The van der Waals surface area contributed by atoms with Crippen molar-refractivity contribution in [2.75, 3.05) is 18.6 Å². The number of nitrogens with two attached hydrogens (primary N) is 1. The zero-order chi connectivity index (χ0) is 32.6. The Morgan fingerprint density at radius 1 is 1.09 bits per heavy atom. The molecule has 2 fully saturated rings. The fourth-order valence-corrected chi connectivity index (χ4v) is 8.71. The standard InChI is InChI=1S/C31H47N5O7S/c1-9-20-31(7)21(25(29(40)43-31)44-11-10-36-15-35-22-26(32)33-14-34-27(22)36)18(4)23(37)16(2)12-30(6,41-8)13-17(3)24(38)19(5)28(39)42-20/h14-21,24-25,38H,9-13H2,1-8H3,(H2,32,33,34). The van der Waals surface area contributed by atoms with Gasteiger partial charge in [-0.3, -0.25) is 14.4 Å². The lowest BCUT2D eigenvalue weighted by atomic mass is 9.70. The molecule has 0 spiro atoms. The van der Waals surface area contributed by atoms with Crippen molar-refractivity contribution in [2.45, 2.75) is 103 Å². The van der Waals surface area contributed by atoms with Crippen LogP contribution in [0, 0.1) is 29.6 Å². The van der Waals surface area contributed by atoms with Crippen LogP contribution >= 0.6 is 11.8 Å². The predicted molar refractivity (Wildman–Crippen MR) is 166 cm³/mol. The van der Waals surface area contributed by atoms with Crippen molar-refractivity contribution in [3.05, 3.63) is 12.7 Å². The second-order valence-electron chi connectivity index (χ2n) is 13.0. The first-order chi connectivity index (χ1) is 20.7. The molecule has 2 aromatic rings. The number of hydrogen-bond donors (Lipinski definition) is 2. The minimum Gasteiger partial charge on any atom is -0.458 e. The van der Waals surface area contributed by atoms with Crippen LogP contribution < -0.4 is 5.73 Å². The molecule has 10 atom stereocenters. The quantitative estimate of drug-likeness (QED) is 0.445. The molecule has 0 radical (unpaired) electrons. The summed E-state index contributed by atoms with van der Waals surface area (Å²) in [5.74, 6) is -2.91. The largest absolute Gasteiger partial charge is 0.458 e. The van der Waals surface area contributed by atoms with E-state index in [2.05, 4.69) is 15.0 Å². The van der Waals surface area contributed by atoms with Gasteiger partial charge in [0.15, 0.2) is 17.1 Å². The predicted octanol–water partition coefficient (Wildman–Crippen LogP) is 3.44. The minimum absolute atomic E-state index is 0.0130. The minimum atomic E-state index is -1.26. The number of rotatable bonds is 6. The number of carbonyl (C=O) groups is 3. The average Bonchev–Trinajstić information content (AvgIpc) is 3.52. The normalized spacial score (nSPS) is 37.3. The first-order valence-electron chi connectivity index (χ1n) is 15.4. The Balaban J connectivity index is 1.68. The van der Waals surface area contributed by atoms with Gasteiger partial charge in [0.25, 0.3) is 0 Å². The van der Waals surface area contributed by atoms with Gasteiger partial charge in [-0.15, -0.1) is 11.8 Å². The van der Waals surface area contributed by atoms with Crippen LogP contribution in [0.3, 0.4) is 0 Å². The number of aliphatic hydroxyl groups excluding tert-OH is 1. The lowest BCUT2D eigenvalue weighted by Crippen LogP contribution is -2.53. The maximum atomic E-state index is 14.1. The third kappa shape index (κ3) is 6.46. The molecule has 44 heavy (non-hydrogen) atoms. The highest BCUT2D eigenvalue weighted by atomic mass is 32.2. The summed E-state index contributed by atoms with van der Waals surface area (Å²) in [6.07, 6.45) is 2.46. The van der Waals surface area contributed by atoms with E-state index in [1.54, 1.807) is 27.3 Å². The molecular weight excluding hydrogens is 586 g/mol. The van der Waals surface area contributed by atoms with E-state index in [1.165, 1.54) is 18.1 Å². The summed E-state index contributed by atoms with van der Waals surface area (Å²) in [7, 11) is 1.60. The van der Waals surface area contributed by atoms with Crippen LogP contribution in [-0.4, -0.2) is 83.9 Å². The first kappa shape index (κ1) is 34.1. The highest BCUT2D eigenvalue weighted by molar-refractivity contribution is 8.00. The van der Waals surface area contributed by atoms with Crippen molar-refractivity contribution >= 4 is 46.5 Å². The van der Waals surface area contributed by atoms with Crippen LogP contribution in [0.4, 0.5) is 5.82 Å². The number of aryl methyl sites for hydroxylation is 1. The van der Waals surface area contributed by atoms with Crippen LogP contribution in [0.25, 0.3) is 11.2 Å². The molecule has 4 heterocycles. The van der Waals surface area contributed by atoms with E-state index in [9.17, 15) is 19.5 Å². The molecule has 0 bridgehead atoms. The lowest BCUT2D eigenvalue weighted by molar-refractivity contribution is -0.186. The number of hydrogen-bond acceptors (Lipinski definition) is 12. The van der Waals surface area contributed by atoms with Gasteiger partial charge >= 0.3 is 11.9 Å². The number of methoxy groups -OCH3 is 1. The number of nitrogen functional groups attached to an aromatic ring is 1. The monoisotopic (exact) mass is 633 g/mol. The van der Waals surface area contributed by atoms with Crippen LogP contribution in [0.1, 0.15) is 67.7 Å². The Kier molecular flexibility index (Phi) is 10.3. The SMILES string of the molecule is CCC1OC(=O)C(C)C(O)C(C)CC(C)(OC)CC(C)C(=O)C(C)C2C(SCCn3cnc4c(N)ncnc43)C(=O)OC12C. The molecule has 0 saturated carbocycles. The van der Waals surface area contributed by atoms with Crippen molar-refractivity contribution in [3.8, 4) is 0 Å². The third-order valence-corrected chi connectivity index (χ3v) is 11.1. The summed E-state index contributed by atoms with van der Waals surface area (Å²) in [5, 5.41) is 10.4. The Morgan fingerprint density at radius 3 is 2.45 bits per heavy atom. The summed E-state index contributed by atoms with van der Waals surface area (Å²) in [5.41, 5.74) is 5.06. The Morgan fingerprint density at radius 2 is 1.80 bits per heavy atom. The molecule has 0 aliphatic carbocycles. The smallest absolute Gasteiger partial charge is 0.320 e. The van der Waals surface area contributed by atoms with Gasteiger partial charge in [-0.25, -0.2) is 15.0 Å². The van der Waals surface area contributed by atoms with Crippen LogP contribution in [0.5, 0.6) is 0 Å². The van der Waals surface area contributed by atoms with Gasteiger partial charge in [-0.05, 0) is 46.0 Å². The number of carbonyl (C=O) groups excluding carboxylic acids is 3. The van der Waals surface area contributed by atoms with Gasteiger partial charge in [0.2, 0.25) is 0 Å². The van der Waals surface area contributed by atoms with Crippen molar-refractivity contribution in [1.29, 1.82) is 0 Å². The fraction of sp³-hybridized carbons (Fsp3) is 0.742. The number of aliphatic hydroxyl groups is 1. The highest BCUT2D eigenvalue weighted by Crippen LogP contribution is 2.48. The molecule has 2 aliphatic rings. The maximum absolute atomic E-state index is 14.1.